The predicted octanol–water partition coefficient (Wildman–Crippen LogP) is 0.436. The topological polar surface area (TPSA) is 53.9 Å². The Hall–Kier alpha value is -1.21. The van der Waals surface area contributed by atoms with E-state index < -0.39 is 5.92 Å². The molecule has 2 aliphatic rings. The molecule has 2 fully saturated rings. The molecule has 7 heteroatoms. The van der Waals surface area contributed by atoms with Gasteiger partial charge in [-0.15, -0.1) is 0 Å². The standard InChI is InChI=1S/C11H17F2N5/c12-11(13)3-8(16-7-11)4-15-10-1-2-17-18(10)9-5-14-6-9/h1-2,8-9,14-16H,3-7H2/t8-/m1/s1. The van der Waals surface area contributed by atoms with E-state index in [-0.39, 0.29) is 19.0 Å². The molecule has 5 nitrogen and oxygen atoms in total. The summed E-state index contributed by atoms with van der Waals surface area (Å²) in [4.78, 5) is 0. The number of rotatable bonds is 4. The first-order chi connectivity index (χ1) is 8.64. The van der Waals surface area contributed by atoms with E-state index in [1.807, 2.05) is 10.7 Å². The molecular weight excluding hydrogens is 240 g/mol. The van der Waals surface area contributed by atoms with Crippen LogP contribution in [-0.4, -0.2) is 47.9 Å². The molecule has 3 N–H and O–H groups in total. The molecule has 1 aromatic heterocycles. The molecule has 2 aliphatic heterocycles. The van der Waals surface area contributed by atoms with Crippen LogP contribution in [0, 0.1) is 0 Å². The molecule has 2 saturated heterocycles. The number of hydrogen-bond donors (Lipinski definition) is 3. The van der Waals surface area contributed by atoms with Gasteiger partial charge in [0.25, 0.3) is 5.92 Å². The normalized spacial score (nSPS) is 27.1. The summed E-state index contributed by atoms with van der Waals surface area (Å²) in [6.07, 6.45) is 1.64. The minimum atomic E-state index is -2.56. The zero-order chi connectivity index (χ0) is 12.6. The highest BCUT2D eigenvalue weighted by Gasteiger charge is 2.39. The SMILES string of the molecule is FC1(F)CN[C@@H](CNc2ccnn2C2CNC2)C1. The smallest absolute Gasteiger partial charge is 0.261 e. The van der Waals surface area contributed by atoms with E-state index in [1.54, 1.807) is 6.20 Å². The lowest BCUT2D eigenvalue weighted by atomic mass is 10.2. The maximum Gasteiger partial charge on any atom is 0.261 e. The van der Waals surface area contributed by atoms with Crippen LogP contribution >= 0.6 is 0 Å². The fourth-order valence-electron chi connectivity index (χ4n) is 2.36. The van der Waals surface area contributed by atoms with Crippen molar-refractivity contribution in [3.8, 4) is 0 Å². The van der Waals surface area contributed by atoms with Crippen molar-refractivity contribution in [3.05, 3.63) is 12.3 Å². The van der Waals surface area contributed by atoms with E-state index in [9.17, 15) is 8.78 Å². The molecule has 1 atom stereocenters. The third-order valence-electron chi connectivity index (χ3n) is 3.50. The number of nitrogens with zero attached hydrogens (tertiary/aromatic N) is 2. The quantitative estimate of drug-likeness (QED) is 0.732. The lowest BCUT2D eigenvalue weighted by molar-refractivity contribution is 0.0214. The molecule has 0 aliphatic carbocycles. The minimum absolute atomic E-state index is 0.0981. The van der Waals surface area contributed by atoms with Gasteiger partial charge < -0.3 is 16.0 Å². The first kappa shape index (κ1) is 11.9. The lowest BCUT2D eigenvalue weighted by Gasteiger charge is -2.29. The van der Waals surface area contributed by atoms with Gasteiger partial charge in [-0.25, -0.2) is 13.5 Å². The Bertz CT molecular complexity index is 415. The van der Waals surface area contributed by atoms with Crippen molar-refractivity contribution in [1.29, 1.82) is 0 Å². The summed E-state index contributed by atoms with van der Waals surface area (Å²) in [6, 6.07) is 2.08. The number of aromatic nitrogens is 2. The van der Waals surface area contributed by atoms with Crippen molar-refractivity contribution >= 4 is 5.82 Å². The molecule has 0 amide bonds. The summed E-state index contributed by atoms with van der Waals surface area (Å²) in [6.45, 7) is 2.11. The molecule has 0 aromatic carbocycles. The summed E-state index contributed by atoms with van der Waals surface area (Å²) < 4.78 is 28.0. The maximum absolute atomic E-state index is 13.0. The van der Waals surface area contributed by atoms with Gasteiger partial charge in [0.1, 0.15) is 5.82 Å². The first-order valence-corrected chi connectivity index (χ1v) is 6.23. The number of anilines is 1. The van der Waals surface area contributed by atoms with Crippen molar-refractivity contribution in [3.63, 3.8) is 0 Å². The molecule has 0 spiro atoms. The van der Waals surface area contributed by atoms with Crippen LogP contribution in [-0.2, 0) is 0 Å². The molecular formula is C11H17F2N5. The van der Waals surface area contributed by atoms with Crippen molar-refractivity contribution in [1.82, 2.24) is 20.4 Å². The average Bonchev–Trinajstić information content (AvgIpc) is 2.80. The van der Waals surface area contributed by atoms with Crippen LogP contribution in [0.4, 0.5) is 14.6 Å². The Morgan fingerprint density at radius 1 is 1.50 bits per heavy atom. The third-order valence-corrected chi connectivity index (χ3v) is 3.50. The molecule has 18 heavy (non-hydrogen) atoms. The highest BCUT2D eigenvalue weighted by atomic mass is 19.3. The van der Waals surface area contributed by atoms with Gasteiger partial charge in [0.05, 0.1) is 18.8 Å². The fourth-order valence-corrected chi connectivity index (χ4v) is 2.36. The fraction of sp³-hybridized carbons (Fsp3) is 0.727. The lowest BCUT2D eigenvalue weighted by Crippen LogP contribution is -2.44. The van der Waals surface area contributed by atoms with Crippen molar-refractivity contribution < 1.29 is 8.78 Å². The Labute approximate surface area is 104 Å². The summed E-state index contributed by atoms with van der Waals surface area (Å²) >= 11 is 0. The van der Waals surface area contributed by atoms with Crippen LogP contribution in [0.15, 0.2) is 12.3 Å². The molecule has 0 unspecified atom stereocenters. The van der Waals surface area contributed by atoms with Gasteiger partial charge in [-0.05, 0) is 0 Å². The van der Waals surface area contributed by atoms with Gasteiger partial charge in [-0.3, -0.25) is 0 Å². The van der Waals surface area contributed by atoms with Gasteiger partial charge in [-0.2, -0.15) is 5.10 Å². The average molecular weight is 257 g/mol. The second-order valence-corrected chi connectivity index (χ2v) is 4.99. The Kier molecular flexibility index (Phi) is 2.95. The molecule has 0 radical (unpaired) electrons. The molecule has 0 saturated carbocycles. The highest BCUT2D eigenvalue weighted by molar-refractivity contribution is 5.35. The second-order valence-electron chi connectivity index (χ2n) is 4.99. The zero-order valence-electron chi connectivity index (χ0n) is 10.00. The molecule has 100 valence electrons. The molecule has 0 bridgehead atoms. The minimum Gasteiger partial charge on any atom is -0.369 e. The summed E-state index contributed by atoms with van der Waals surface area (Å²) in [5, 5.41) is 13.5. The van der Waals surface area contributed by atoms with Crippen molar-refractivity contribution in [2.45, 2.75) is 24.4 Å². The van der Waals surface area contributed by atoms with E-state index in [4.69, 9.17) is 0 Å². The monoisotopic (exact) mass is 257 g/mol. The maximum atomic E-state index is 13.0. The number of alkyl halides is 2. The van der Waals surface area contributed by atoms with Gasteiger partial charge in [0, 0.05) is 38.2 Å². The Morgan fingerprint density at radius 3 is 2.94 bits per heavy atom. The van der Waals surface area contributed by atoms with Crippen LogP contribution in [0.25, 0.3) is 0 Å². The van der Waals surface area contributed by atoms with Crippen LogP contribution in [0.2, 0.25) is 0 Å². The van der Waals surface area contributed by atoms with Gasteiger partial charge in [-0.1, -0.05) is 0 Å². The molecule has 1 aromatic rings. The second kappa shape index (κ2) is 4.47. The van der Waals surface area contributed by atoms with Crippen LogP contribution in [0.5, 0.6) is 0 Å². The van der Waals surface area contributed by atoms with Gasteiger partial charge in [0.2, 0.25) is 0 Å². The zero-order valence-corrected chi connectivity index (χ0v) is 10.00. The van der Waals surface area contributed by atoms with E-state index in [2.05, 4.69) is 21.0 Å². The largest absolute Gasteiger partial charge is 0.369 e. The van der Waals surface area contributed by atoms with E-state index in [0.717, 1.165) is 18.9 Å². The summed E-state index contributed by atoms with van der Waals surface area (Å²) in [7, 11) is 0. The van der Waals surface area contributed by atoms with Crippen LogP contribution in [0.1, 0.15) is 12.5 Å². The number of hydrogen-bond acceptors (Lipinski definition) is 4. The molecule has 3 rings (SSSR count). The van der Waals surface area contributed by atoms with Gasteiger partial charge >= 0.3 is 0 Å². The Morgan fingerprint density at radius 2 is 2.33 bits per heavy atom. The predicted molar refractivity (Wildman–Crippen MR) is 64.0 cm³/mol. The highest BCUT2D eigenvalue weighted by Crippen LogP contribution is 2.25. The summed E-state index contributed by atoms with van der Waals surface area (Å²) in [5.41, 5.74) is 0. The van der Waals surface area contributed by atoms with Crippen LogP contribution in [0.3, 0.4) is 0 Å². The van der Waals surface area contributed by atoms with Crippen molar-refractivity contribution in [2.24, 2.45) is 0 Å². The van der Waals surface area contributed by atoms with Gasteiger partial charge in [0.15, 0.2) is 0 Å². The van der Waals surface area contributed by atoms with E-state index >= 15 is 0 Å². The van der Waals surface area contributed by atoms with E-state index in [1.165, 1.54) is 0 Å². The van der Waals surface area contributed by atoms with Crippen molar-refractivity contribution in [2.75, 3.05) is 31.5 Å². The number of halogens is 2. The Balaban J connectivity index is 1.55. The first-order valence-electron chi connectivity index (χ1n) is 6.23. The molecule has 3 heterocycles. The third kappa shape index (κ3) is 2.32. The number of nitrogens with one attached hydrogen (secondary N) is 3. The van der Waals surface area contributed by atoms with Crippen LogP contribution < -0.4 is 16.0 Å². The van der Waals surface area contributed by atoms with E-state index in [0.29, 0.717) is 12.6 Å². The summed E-state index contributed by atoms with van der Waals surface area (Å²) in [5.74, 6) is -1.66.